The Bertz CT molecular complexity index is 1520. The van der Waals surface area contributed by atoms with Crippen molar-refractivity contribution in [2.75, 3.05) is 6.61 Å². The maximum Gasteiger partial charge on any atom is 0.164 e. The number of ether oxygens (including phenoxy) is 1. The van der Waals surface area contributed by atoms with Crippen LogP contribution in [-0.2, 0) is 9.53 Å². The van der Waals surface area contributed by atoms with Gasteiger partial charge >= 0.3 is 0 Å². The summed E-state index contributed by atoms with van der Waals surface area (Å²) in [5.74, 6) is 2.97. The third-order valence-corrected chi connectivity index (χ3v) is 15.9. The standard InChI is InChI=1S/C41H54O2/c1-36(2)19-21-41-22-20-39(6)30(33(41)35(36)43-25-41)15-16-32-38(5)24-28(23-27-13-10-12-26-11-8-9-14-29(26)27)34(42)37(3,4)31(38)17-18-40(32,39)7/h8-14,23,30-33,35H,15-22,24-25H2,1-7H3/b28-23+/t30?,31?,32?,33?,35-,38-,39+,40+,41+/m0/s1. The molecule has 2 aromatic rings. The molecule has 0 amide bonds. The molecule has 5 saturated carbocycles. The summed E-state index contributed by atoms with van der Waals surface area (Å²) in [4.78, 5) is 14.3. The van der Waals surface area contributed by atoms with Crippen molar-refractivity contribution < 1.29 is 9.53 Å². The van der Waals surface area contributed by atoms with Crippen LogP contribution in [0.5, 0.6) is 0 Å². The van der Waals surface area contributed by atoms with E-state index in [2.05, 4.69) is 97.0 Å². The summed E-state index contributed by atoms with van der Waals surface area (Å²) < 4.78 is 6.79. The van der Waals surface area contributed by atoms with E-state index in [1.54, 1.807) is 0 Å². The Kier molecular flexibility index (Phi) is 5.88. The van der Waals surface area contributed by atoms with Gasteiger partial charge in [-0.1, -0.05) is 90.9 Å². The van der Waals surface area contributed by atoms with Gasteiger partial charge in [-0.25, -0.2) is 0 Å². The molecule has 230 valence electrons. The molecule has 9 atom stereocenters. The Morgan fingerprint density at radius 3 is 2.33 bits per heavy atom. The van der Waals surface area contributed by atoms with Crippen LogP contribution in [0.15, 0.2) is 48.0 Å². The van der Waals surface area contributed by atoms with E-state index in [-0.39, 0.29) is 10.8 Å². The van der Waals surface area contributed by atoms with Crippen LogP contribution in [0.4, 0.5) is 0 Å². The van der Waals surface area contributed by atoms with Crippen molar-refractivity contribution in [3.63, 3.8) is 0 Å². The lowest BCUT2D eigenvalue weighted by atomic mass is 9.31. The highest BCUT2D eigenvalue weighted by Crippen LogP contribution is 2.78. The fraction of sp³-hybridized carbons (Fsp3) is 0.683. The summed E-state index contributed by atoms with van der Waals surface area (Å²) in [6.45, 7) is 18.6. The highest BCUT2D eigenvalue weighted by molar-refractivity contribution is 6.06. The lowest BCUT2D eigenvalue weighted by Crippen LogP contribution is -2.67. The summed E-state index contributed by atoms with van der Waals surface area (Å²) in [5, 5.41) is 2.50. The number of carbonyl (C=O) groups is 1. The lowest BCUT2D eigenvalue weighted by molar-refractivity contribution is -0.236. The number of hydrogen-bond acceptors (Lipinski definition) is 2. The minimum Gasteiger partial charge on any atom is -0.377 e. The number of Topliss-reactive ketones (excluding diaryl/α,β-unsaturated/α-hetero) is 1. The molecular weight excluding hydrogens is 524 g/mol. The Morgan fingerprint density at radius 2 is 1.51 bits per heavy atom. The van der Waals surface area contributed by atoms with Crippen molar-refractivity contribution in [1.82, 2.24) is 0 Å². The fourth-order valence-electron chi connectivity index (χ4n) is 13.5. The average Bonchev–Trinajstić information content (AvgIpc) is 3.30. The first kappa shape index (κ1) is 28.5. The Balaban J connectivity index is 1.20. The van der Waals surface area contributed by atoms with Crippen molar-refractivity contribution in [2.45, 2.75) is 112 Å². The van der Waals surface area contributed by atoms with Crippen LogP contribution in [0.3, 0.4) is 0 Å². The van der Waals surface area contributed by atoms with Crippen molar-refractivity contribution in [2.24, 2.45) is 56.2 Å². The Morgan fingerprint density at radius 1 is 0.767 bits per heavy atom. The summed E-state index contributed by atoms with van der Waals surface area (Å²) in [7, 11) is 0. The van der Waals surface area contributed by atoms with Gasteiger partial charge in [0.25, 0.3) is 0 Å². The predicted octanol–water partition coefficient (Wildman–Crippen LogP) is 10.3. The Labute approximate surface area is 260 Å². The summed E-state index contributed by atoms with van der Waals surface area (Å²) in [6, 6.07) is 15.2. The largest absolute Gasteiger partial charge is 0.377 e. The van der Waals surface area contributed by atoms with E-state index in [4.69, 9.17) is 4.74 Å². The van der Waals surface area contributed by atoms with Gasteiger partial charge < -0.3 is 4.74 Å². The second-order valence-electron chi connectivity index (χ2n) is 18.2. The normalized spacial score (nSPS) is 47.0. The van der Waals surface area contributed by atoms with Gasteiger partial charge in [0, 0.05) is 5.41 Å². The van der Waals surface area contributed by atoms with Crippen molar-refractivity contribution in [3.8, 4) is 0 Å². The Hall–Kier alpha value is -1.93. The molecule has 2 aromatic carbocycles. The van der Waals surface area contributed by atoms with Gasteiger partial charge in [0.1, 0.15) is 0 Å². The summed E-state index contributed by atoms with van der Waals surface area (Å²) in [5.41, 5.74) is 3.42. The first-order valence-corrected chi connectivity index (χ1v) is 17.6. The maximum absolute atomic E-state index is 14.3. The molecule has 1 aliphatic heterocycles. The first-order chi connectivity index (χ1) is 20.3. The van der Waals surface area contributed by atoms with E-state index < -0.39 is 0 Å². The number of allylic oxidation sites excluding steroid dienone is 1. The number of benzene rings is 2. The van der Waals surface area contributed by atoms with Crippen LogP contribution in [0.2, 0.25) is 0 Å². The van der Waals surface area contributed by atoms with Gasteiger partial charge in [0.15, 0.2) is 5.78 Å². The second kappa shape index (κ2) is 8.86. The van der Waals surface area contributed by atoms with Gasteiger partial charge in [-0.05, 0) is 137 Å². The van der Waals surface area contributed by atoms with Crippen LogP contribution >= 0.6 is 0 Å². The number of carbonyl (C=O) groups excluding carboxylic acids is 1. The third-order valence-electron chi connectivity index (χ3n) is 15.9. The van der Waals surface area contributed by atoms with E-state index in [9.17, 15) is 4.79 Å². The quantitative estimate of drug-likeness (QED) is 0.315. The first-order valence-electron chi connectivity index (χ1n) is 17.6. The topological polar surface area (TPSA) is 26.3 Å². The molecule has 2 heteroatoms. The molecule has 6 fully saturated rings. The molecule has 5 aliphatic carbocycles. The van der Waals surface area contributed by atoms with Crippen LogP contribution in [0.25, 0.3) is 16.8 Å². The van der Waals surface area contributed by atoms with E-state index in [1.165, 1.54) is 67.7 Å². The van der Waals surface area contributed by atoms with E-state index in [0.717, 1.165) is 30.4 Å². The van der Waals surface area contributed by atoms with E-state index >= 15 is 0 Å². The minimum absolute atomic E-state index is 0.130. The second-order valence-corrected chi connectivity index (χ2v) is 18.2. The molecule has 43 heavy (non-hydrogen) atoms. The molecule has 6 aliphatic rings. The summed E-state index contributed by atoms with van der Waals surface area (Å²) in [6.07, 6.45) is 14.2. The highest BCUT2D eigenvalue weighted by atomic mass is 16.5. The zero-order valence-electron chi connectivity index (χ0n) is 27.9. The molecule has 2 bridgehead atoms. The van der Waals surface area contributed by atoms with Gasteiger partial charge in [-0.2, -0.15) is 0 Å². The van der Waals surface area contributed by atoms with Crippen LogP contribution in [0, 0.1) is 56.2 Å². The van der Waals surface area contributed by atoms with Gasteiger partial charge in [-0.3, -0.25) is 4.79 Å². The average molecular weight is 579 g/mol. The molecule has 4 unspecified atom stereocenters. The number of ketones is 1. The zero-order chi connectivity index (χ0) is 30.2. The van der Waals surface area contributed by atoms with Gasteiger partial charge in [-0.15, -0.1) is 0 Å². The molecule has 2 nitrogen and oxygen atoms in total. The molecule has 1 heterocycles. The van der Waals surface area contributed by atoms with E-state index in [0.29, 0.717) is 45.4 Å². The number of rotatable bonds is 1. The number of hydrogen-bond donors (Lipinski definition) is 0. The molecule has 0 aromatic heterocycles. The molecule has 0 N–H and O–H groups in total. The fourth-order valence-corrected chi connectivity index (χ4v) is 13.5. The molecule has 0 radical (unpaired) electrons. The lowest BCUT2D eigenvalue weighted by Gasteiger charge is -2.73. The van der Waals surface area contributed by atoms with Gasteiger partial charge in [0.05, 0.1) is 12.7 Å². The van der Waals surface area contributed by atoms with Gasteiger partial charge in [0.2, 0.25) is 0 Å². The van der Waals surface area contributed by atoms with Crippen LogP contribution < -0.4 is 0 Å². The molecule has 1 saturated heterocycles. The van der Waals surface area contributed by atoms with Crippen molar-refractivity contribution in [3.05, 3.63) is 53.6 Å². The third kappa shape index (κ3) is 3.54. The van der Waals surface area contributed by atoms with Crippen molar-refractivity contribution in [1.29, 1.82) is 0 Å². The van der Waals surface area contributed by atoms with Crippen LogP contribution in [0.1, 0.15) is 112 Å². The SMILES string of the molecule is CC1(C)C(=O)/C(=C/c2cccc3ccccc23)C[C@@]2(C)C1CC[C@]1(C)C2CCC2C3[C@@H]4OC[C@@]3(CCC4(C)C)CC[C@]21C. The minimum atomic E-state index is -0.334. The predicted molar refractivity (Wildman–Crippen MR) is 177 cm³/mol. The maximum atomic E-state index is 14.3. The molecule has 8 rings (SSSR count). The highest BCUT2D eigenvalue weighted by Gasteiger charge is 2.73. The van der Waals surface area contributed by atoms with Crippen molar-refractivity contribution >= 4 is 22.6 Å². The van der Waals surface area contributed by atoms with E-state index in [1.807, 2.05) is 0 Å². The molecule has 0 spiro atoms. The number of fused-ring (bicyclic) bond motifs is 6. The summed E-state index contributed by atoms with van der Waals surface area (Å²) >= 11 is 0. The smallest absolute Gasteiger partial charge is 0.164 e. The monoisotopic (exact) mass is 578 g/mol. The molecular formula is C41H54O2. The van der Waals surface area contributed by atoms with Crippen LogP contribution in [-0.4, -0.2) is 18.5 Å². The zero-order valence-corrected chi connectivity index (χ0v) is 27.9.